The van der Waals surface area contributed by atoms with Gasteiger partial charge in [-0.05, 0) is 48.5 Å². The van der Waals surface area contributed by atoms with Gasteiger partial charge in [0.25, 0.3) is 5.91 Å². The van der Waals surface area contributed by atoms with Crippen molar-refractivity contribution in [3.8, 4) is 11.8 Å². The van der Waals surface area contributed by atoms with Crippen molar-refractivity contribution in [3.63, 3.8) is 0 Å². The molecule has 31 heavy (non-hydrogen) atoms. The molecule has 0 aliphatic carbocycles. The summed E-state index contributed by atoms with van der Waals surface area (Å²) < 4.78 is 7.68. The average Bonchev–Trinajstić information content (AvgIpc) is 2.75. The fourth-order valence-electron chi connectivity index (χ4n) is 2.61. The normalized spacial score (nSPS) is 11.0. The molecule has 156 valence electrons. The molecule has 4 nitrogen and oxygen atoms in total. The number of nitriles is 1. The Balaban J connectivity index is 1.84. The predicted molar refractivity (Wildman–Crippen MR) is 131 cm³/mol. The summed E-state index contributed by atoms with van der Waals surface area (Å²) in [6.07, 6.45) is 1.48. The zero-order valence-electron chi connectivity index (χ0n) is 15.8. The van der Waals surface area contributed by atoms with Crippen molar-refractivity contribution in [1.29, 1.82) is 5.26 Å². The van der Waals surface area contributed by atoms with Crippen LogP contribution in [0.25, 0.3) is 6.08 Å². The summed E-state index contributed by atoms with van der Waals surface area (Å²) in [6, 6.07) is 19.7. The molecule has 0 saturated carbocycles. The summed E-state index contributed by atoms with van der Waals surface area (Å²) in [7, 11) is 0. The lowest BCUT2D eigenvalue weighted by Crippen LogP contribution is -2.13. The quantitative estimate of drug-likeness (QED) is 0.241. The highest BCUT2D eigenvalue weighted by atomic mass is 79.9. The average molecular weight is 581 g/mol. The van der Waals surface area contributed by atoms with E-state index in [1.54, 1.807) is 24.3 Å². The SMILES string of the molecule is N#C/C(=C\c1cc(Br)ccc1OCc1ccccc1Br)C(=O)Nc1ccc(Cl)c(Cl)c1. The molecular formula is C23H14Br2Cl2N2O2. The number of hydrogen-bond acceptors (Lipinski definition) is 3. The smallest absolute Gasteiger partial charge is 0.266 e. The van der Waals surface area contributed by atoms with Crippen LogP contribution in [0, 0.1) is 11.3 Å². The highest BCUT2D eigenvalue weighted by molar-refractivity contribution is 9.10. The van der Waals surface area contributed by atoms with E-state index in [4.69, 9.17) is 27.9 Å². The maximum atomic E-state index is 12.6. The number of anilines is 1. The highest BCUT2D eigenvalue weighted by Crippen LogP contribution is 2.28. The molecule has 1 amide bonds. The molecule has 0 atom stereocenters. The van der Waals surface area contributed by atoms with Gasteiger partial charge in [0, 0.05) is 25.8 Å². The molecule has 0 fully saturated rings. The molecule has 0 saturated heterocycles. The Morgan fingerprint density at radius 1 is 1.06 bits per heavy atom. The zero-order chi connectivity index (χ0) is 22.4. The van der Waals surface area contributed by atoms with E-state index < -0.39 is 5.91 Å². The molecule has 0 bridgehead atoms. The van der Waals surface area contributed by atoms with Crippen molar-refractivity contribution in [2.75, 3.05) is 5.32 Å². The molecule has 3 rings (SSSR count). The Hall–Kier alpha value is -2.30. The summed E-state index contributed by atoms with van der Waals surface area (Å²) in [6.45, 7) is 0.321. The van der Waals surface area contributed by atoms with E-state index in [0.717, 1.165) is 14.5 Å². The number of benzene rings is 3. The van der Waals surface area contributed by atoms with E-state index >= 15 is 0 Å². The van der Waals surface area contributed by atoms with Crippen LogP contribution in [0.15, 0.2) is 75.2 Å². The number of ether oxygens (including phenoxy) is 1. The van der Waals surface area contributed by atoms with Crippen molar-refractivity contribution >= 4 is 72.7 Å². The lowest BCUT2D eigenvalue weighted by atomic mass is 10.1. The Labute approximate surface area is 206 Å². The van der Waals surface area contributed by atoms with Gasteiger partial charge in [0.15, 0.2) is 0 Å². The van der Waals surface area contributed by atoms with Gasteiger partial charge in [-0.3, -0.25) is 4.79 Å². The summed E-state index contributed by atoms with van der Waals surface area (Å²) in [4.78, 5) is 12.6. The van der Waals surface area contributed by atoms with E-state index in [9.17, 15) is 10.1 Å². The molecule has 3 aromatic carbocycles. The first-order chi connectivity index (χ1) is 14.9. The zero-order valence-corrected chi connectivity index (χ0v) is 20.5. The molecule has 0 aliphatic heterocycles. The van der Waals surface area contributed by atoms with Gasteiger partial charge in [-0.15, -0.1) is 0 Å². The monoisotopic (exact) mass is 578 g/mol. The van der Waals surface area contributed by atoms with Crippen LogP contribution < -0.4 is 10.1 Å². The number of hydrogen-bond donors (Lipinski definition) is 1. The minimum Gasteiger partial charge on any atom is -0.488 e. The van der Waals surface area contributed by atoms with Crippen LogP contribution in [0.1, 0.15) is 11.1 Å². The largest absolute Gasteiger partial charge is 0.488 e. The van der Waals surface area contributed by atoms with Gasteiger partial charge < -0.3 is 10.1 Å². The second-order valence-corrected chi connectivity index (χ2v) is 8.90. The van der Waals surface area contributed by atoms with Crippen LogP contribution >= 0.6 is 55.1 Å². The number of carbonyl (C=O) groups is 1. The summed E-state index contributed by atoms with van der Waals surface area (Å²) >= 11 is 18.8. The number of nitrogens with one attached hydrogen (secondary N) is 1. The summed E-state index contributed by atoms with van der Waals surface area (Å²) in [5.41, 5.74) is 1.90. The van der Waals surface area contributed by atoms with Crippen molar-refractivity contribution in [2.24, 2.45) is 0 Å². The third kappa shape index (κ3) is 6.34. The van der Waals surface area contributed by atoms with Gasteiger partial charge in [0.1, 0.15) is 24.0 Å². The lowest BCUT2D eigenvalue weighted by Gasteiger charge is -2.12. The molecule has 0 radical (unpaired) electrons. The highest BCUT2D eigenvalue weighted by Gasteiger charge is 2.13. The van der Waals surface area contributed by atoms with Crippen molar-refractivity contribution in [1.82, 2.24) is 0 Å². The molecule has 8 heteroatoms. The van der Waals surface area contributed by atoms with Crippen molar-refractivity contribution in [3.05, 3.63) is 96.4 Å². The predicted octanol–water partition coefficient (Wildman–Crippen LogP) is 7.64. The number of rotatable bonds is 6. The van der Waals surface area contributed by atoms with Gasteiger partial charge in [-0.2, -0.15) is 5.26 Å². The van der Waals surface area contributed by atoms with Gasteiger partial charge in [-0.1, -0.05) is 73.3 Å². The van der Waals surface area contributed by atoms with Gasteiger partial charge in [-0.25, -0.2) is 0 Å². The first-order valence-corrected chi connectivity index (χ1v) is 11.3. The Bertz CT molecular complexity index is 1210. The van der Waals surface area contributed by atoms with E-state index in [1.165, 1.54) is 12.1 Å². The standard InChI is InChI=1S/C23H14Br2Cl2N2O2/c24-17-5-8-22(31-13-14-3-1-2-4-19(14)25)15(10-17)9-16(12-28)23(30)29-18-6-7-20(26)21(27)11-18/h1-11H,13H2,(H,29,30)/b16-9+. The minimum absolute atomic E-state index is 0.0880. The van der Waals surface area contributed by atoms with Crippen LogP contribution in [0.3, 0.4) is 0 Å². The molecule has 0 aromatic heterocycles. The second-order valence-electron chi connectivity index (χ2n) is 6.32. The van der Waals surface area contributed by atoms with Crippen LogP contribution in [0.2, 0.25) is 10.0 Å². The number of amides is 1. The molecule has 0 unspecified atom stereocenters. The third-order valence-corrected chi connectivity index (χ3v) is 6.16. The molecule has 3 aromatic rings. The first kappa shape index (κ1) is 23.4. The number of carbonyl (C=O) groups excluding carboxylic acids is 1. The summed E-state index contributed by atoms with van der Waals surface area (Å²) in [5, 5.41) is 12.9. The molecule has 1 N–H and O–H groups in total. The van der Waals surface area contributed by atoms with Gasteiger partial charge in [0.05, 0.1) is 10.0 Å². The minimum atomic E-state index is -0.572. The Morgan fingerprint density at radius 2 is 1.84 bits per heavy atom. The molecular weight excluding hydrogens is 567 g/mol. The molecule has 0 aliphatic rings. The number of halogens is 4. The van der Waals surface area contributed by atoms with Gasteiger partial charge in [0.2, 0.25) is 0 Å². The maximum absolute atomic E-state index is 12.6. The van der Waals surface area contributed by atoms with Crippen LogP contribution in [0.4, 0.5) is 5.69 Å². The molecule has 0 spiro atoms. The van der Waals surface area contributed by atoms with Crippen molar-refractivity contribution in [2.45, 2.75) is 6.61 Å². The fraction of sp³-hybridized carbons (Fsp3) is 0.0435. The Kier molecular flexibility index (Phi) is 8.16. The lowest BCUT2D eigenvalue weighted by molar-refractivity contribution is -0.112. The van der Waals surface area contributed by atoms with E-state index in [0.29, 0.717) is 33.7 Å². The van der Waals surface area contributed by atoms with Crippen molar-refractivity contribution < 1.29 is 9.53 Å². The fourth-order valence-corrected chi connectivity index (χ4v) is 3.69. The summed E-state index contributed by atoms with van der Waals surface area (Å²) in [5.74, 6) is -0.0355. The maximum Gasteiger partial charge on any atom is 0.266 e. The second kappa shape index (κ2) is 10.8. The molecule has 0 heterocycles. The Morgan fingerprint density at radius 3 is 2.55 bits per heavy atom. The topological polar surface area (TPSA) is 62.1 Å². The third-order valence-electron chi connectivity index (χ3n) is 4.16. The number of nitrogens with zero attached hydrogens (tertiary/aromatic N) is 1. The first-order valence-electron chi connectivity index (χ1n) is 8.91. The van der Waals surface area contributed by atoms with Crippen LogP contribution in [0.5, 0.6) is 5.75 Å². The van der Waals surface area contributed by atoms with E-state index in [2.05, 4.69) is 37.2 Å². The van der Waals surface area contributed by atoms with E-state index in [-0.39, 0.29) is 5.57 Å². The van der Waals surface area contributed by atoms with Crippen LogP contribution in [-0.2, 0) is 11.4 Å². The van der Waals surface area contributed by atoms with Gasteiger partial charge >= 0.3 is 0 Å². The van der Waals surface area contributed by atoms with E-state index in [1.807, 2.05) is 36.4 Å². The van der Waals surface area contributed by atoms with Crippen LogP contribution in [-0.4, -0.2) is 5.91 Å².